The van der Waals surface area contributed by atoms with Gasteiger partial charge in [0.25, 0.3) is 0 Å². The van der Waals surface area contributed by atoms with Crippen LogP contribution in [0.1, 0.15) is 149 Å². The Morgan fingerprint density at radius 3 is 1.50 bits per heavy atom. The topological polar surface area (TPSA) is 214 Å². The van der Waals surface area contributed by atoms with Gasteiger partial charge in [0, 0.05) is 13.0 Å². The second kappa shape index (κ2) is 30.1. The van der Waals surface area contributed by atoms with Crippen LogP contribution in [-0.2, 0) is 33.2 Å². The molecular formula is C40H76O14. The number of rotatable bonds is 32. The third-order valence-corrected chi connectivity index (χ3v) is 10.4. The molecule has 2 aliphatic heterocycles. The van der Waals surface area contributed by atoms with Gasteiger partial charge in [0.2, 0.25) is 0 Å². The largest absolute Gasteiger partial charge is 0.457 e. The fraction of sp³-hybridized carbons (Fsp3) is 0.975. The Morgan fingerprint density at radius 2 is 0.981 bits per heavy atom. The Balaban J connectivity index is 1.80. The molecule has 0 bridgehead atoms. The van der Waals surface area contributed by atoms with Crippen LogP contribution >= 0.6 is 0 Å². The lowest BCUT2D eigenvalue weighted by Gasteiger charge is -2.42. The van der Waals surface area contributed by atoms with Crippen molar-refractivity contribution in [2.45, 2.75) is 216 Å². The lowest BCUT2D eigenvalue weighted by atomic mass is 9.98. The molecule has 0 saturated carbocycles. The van der Waals surface area contributed by atoms with Gasteiger partial charge in [-0.25, -0.2) is 0 Å². The fourth-order valence-corrected chi connectivity index (χ4v) is 6.81. The van der Waals surface area contributed by atoms with Crippen molar-refractivity contribution in [2.24, 2.45) is 0 Å². The third kappa shape index (κ3) is 19.4. The second-order valence-electron chi connectivity index (χ2n) is 15.2. The standard InChI is InChI=1S/C40H76O14/c1-3-5-7-9-11-12-13-14-15-16-17-18-20-22-24-49-26-29(52-32(42)23-21-19-10-8-6-4-2)27-50-39-38(48)36(46)34(44)31(54-39)28-51-40-37(47)35(45)33(43)30(25-41)53-40/h29-31,33-41,43-48H,3-28H2,1-2H3. The zero-order valence-corrected chi connectivity index (χ0v) is 33.2. The Kier molecular flexibility index (Phi) is 27.4. The maximum Gasteiger partial charge on any atom is 0.306 e. The summed E-state index contributed by atoms with van der Waals surface area (Å²) in [5.41, 5.74) is 0. The smallest absolute Gasteiger partial charge is 0.306 e. The number of esters is 1. The minimum absolute atomic E-state index is 0.0678. The molecule has 11 atom stereocenters. The third-order valence-electron chi connectivity index (χ3n) is 10.4. The van der Waals surface area contributed by atoms with Crippen LogP contribution in [0.5, 0.6) is 0 Å². The zero-order valence-electron chi connectivity index (χ0n) is 33.2. The molecule has 2 fully saturated rings. The van der Waals surface area contributed by atoms with Crippen molar-refractivity contribution < 1.29 is 69.0 Å². The summed E-state index contributed by atoms with van der Waals surface area (Å²) in [7, 11) is 0. The molecular weight excluding hydrogens is 704 g/mol. The van der Waals surface area contributed by atoms with Gasteiger partial charge in [-0.05, 0) is 12.8 Å². The van der Waals surface area contributed by atoms with Gasteiger partial charge in [0.1, 0.15) is 54.9 Å². The first-order chi connectivity index (χ1) is 26.1. The number of carbonyl (C=O) groups excluding carboxylic acids is 1. The molecule has 0 amide bonds. The Morgan fingerprint density at radius 1 is 0.537 bits per heavy atom. The summed E-state index contributed by atoms with van der Waals surface area (Å²) in [5.74, 6) is -0.384. The number of unbranched alkanes of at least 4 members (excludes halogenated alkanes) is 18. The lowest BCUT2D eigenvalue weighted by molar-refractivity contribution is -0.332. The summed E-state index contributed by atoms with van der Waals surface area (Å²) in [6.07, 6.45) is 7.85. The molecule has 2 heterocycles. The highest BCUT2D eigenvalue weighted by Gasteiger charge is 2.47. The van der Waals surface area contributed by atoms with Gasteiger partial charge in [-0.3, -0.25) is 4.79 Å². The van der Waals surface area contributed by atoms with Gasteiger partial charge in [-0.1, -0.05) is 129 Å². The van der Waals surface area contributed by atoms with E-state index in [1.165, 1.54) is 77.0 Å². The van der Waals surface area contributed by atoms with Crippen LogP contribution in [0.3, 0.4) is 0 Å². The van der Waals surface area contributed by atoms with Crippen molar-refractivity contribution in [2.75, 3.05) is 33.0 Å². The predicted molar refractivity (Wildman–Crippen MR) is 201 cm³/mol. The van der Waals surface area contributed by atoms with Gasteiger partial charge in [0.15, 0.2) is 12.6 Å². The van der Waals surface area contributed by atoms with E-state index in [4.69, 9.17) is 28.4 Å². The normalized spacial score (nSPS) is 29.4. The van der Waals surface area contributed by atoms with E-state index in [1.54, 1.807) is 0 Å². The van der Waals surface area contributed by atoms with E-state index in [-0.39, 0.29) is 25.6 Å². The van der Waals surface area contributed by atoms with Gasteiger partial charge < -0.3 is 64.2 Å². The lowest BCUT2D eigenvalue weighted by Crippen LogP contribution is -2.61. The van der Waals surface area contributed by atoms with Gasteiger partial charge in [-0.2, -0.15) is 0 Å². The van der Waals surface area contributed by atoms with E-state index < -0.39 is 80.7 Å². The van der Waals surface area contributed by atoms with Crippen LogP contribution < -0.4 is 0 Å². The molecule has 11 unspecified atom stereocenters. The average molecular weight is 781 g/mol. The molecule has 2 aliphatic rings. The van der Waals surface area contributed by atoms with E-state index >= 15 is 0 Å². The Hall–Kier alpha value is -1.01. The molecule has 0 aromatic heterocycles. The highest BCUT2D eigenvalue weighted by Crippen LogP contribution is 2.26. The quantitative estimate of drug-likeness (QED) is 0.0383. The van der Waals surface area contributed by atoms with E-state index in [0.29, 0.717) is 13.0 Å². The number of aliphatic hydroxyl groups excluding tert-OH is 7. The van der Waals surface area contributed by atoms with Crippen molar-refractivity contribution in [1.29, 1.82) is 0 Å². The van der Waals surface area contributed by atoms with E-state index in [0.717, 1.165) is 44.9 Å². The average Bonchev–Trinajstić information content (AvgIpc) is 3.17. The molecule has 0 radical (unpaired) electrons. The maximum atomic E-state index is 12.7. The molecule has 7 N–H and O–H groups in total. The van der Waals surface area contributed by atoms with Gasteiger partial charge in [-0.15, -0.1) is 0 Å². The molecule has 0 aromatic rings. The molecule has 320 valence electrons. The molecule has 14 heteroatoms. The van der Waals surface area contributed by atoms with Crippen LogP contribution in [-0.4, -0.2) is 142 Å². The highest BCUT2D eigenvalue weighted by atomic mass is 16.7. The van der Waals surface area contributed by atoms with E-state index in [1.807, 2.05) is 0 Å². The Labute approximate surface area is 323 Å². The fourth-order valence-electron chi connectivity index (χ4n) is 6.81. The molecule has 0 aromatic carbocycles. The highest BCUT2D eigenvalue weighted by molar-refractivity contribution is 5.69. The SMILES string of the molecule is CCCCCCCCCCCCCCCCOCC(COC1OC(COC2OC(CO)C(O)C(O)C2O)C(O)C(O)C1O)OC(=O)CCCCCCCC. The molecule has 2 saturated heterocycles. The summed E-state index contributed by atoms with van der Waals surface area (Å²) in [6.45, 7) is 3.62. The first-order valence-corrected chi connectivity index (χ1v) is 21.1. The number of hydrogen-bond donors (Lipinski definition) is 7. The van der Waals surface area contributed by atoms with Crippen molar-refractivity contribution in [3.8, 4) is 0 Å². The molecule has 14 nitrogen and oxygen atoms in total. The maximum absolute atomic E-state index is 12.7. The minimum atomic E-state index is -1.70. The molecule has 2 rings (SSSR count). The van der Waals surface area contributed by atoms with Crippen molar-refractivity contribution in [3.05, 3.63) is 0 Å². The van der Waals surface area contributed by atoms with Crippen LogP contribution in [0.15, 0.2) is 0 Å². The Bertz CT molecular complexity index is 912. The zero-order chi connectivity index (χ0) is 39.6. The molecule has 0 aliphatic carbocycles. The van der Waals surface area contributed by atoms with Gasteiger partial charge in [0.05, 0.1) is 26.4 Å². The van der Waals surface area contributed by atoms with Crippen LogP contribution in [0.25, 0.3) is 0 Å². The molecule has 0 spiro atoms. The van der Waals surface area contributed by atoms with Gasteiger partial charge >= 0.3 is 5.97 Å². The summed E-state index contributed by atoms with van der Waals surface area (Å²) in [5, 5.41) is 71.6. The minimum Gasteiger partial charge on any atom is -0.457 e. The summed E-state index contributed by atoms with van der Waals surface area (Å²) in [4.78, 5) is 12.7. The number of aliphatic hydroxyl groups is 7. The number of hydrogen-bond acceptors (Lipinski definition) is 14. The van der Waals surface area contributed by atoms with Crippen LogP contribution in [0.2, 0.25) is 0 Å². The first kappa shape index (κ1) is 49.1. The number of ether oxygens (including phenoxy) is 6. The summed E-state index contributed by atoms with van der Waals surface area (Å²) < 4.78 is 33.9. The van der Waals surface area contributed by atoms with Crippen molar-refractivity contribution >= 4 is 5.97 Å². The van der Waals surface area contributed by atoms with Crippen LogP contribution in [0, 0.1) is 0 Å². The van der Waals surface area contributed by atoms with Crippen molar-refractivity contribution in [1.82, 2.24) is 0 Å². The second-order valence-corrected chi connectivity index (χ2v) is 15.2. The van der Waals surface area contributed by atoms with E-state index in [9.17, 15) is 40.5 Å². The summed E-state index contributed by atoms with van der Waals surface area (Å²) in [6, 6.07) is 0. The molecule has 54 heavy (non-hydrogen) atoms. The van der Waals surface area contributed by atoms with Crippen LogP contribution in [0.4, 0.5) is 0 Å². The van der Waals surface area contributed by atoms with E-state index in [2.05, 4.69) is 13.8 Å². The first-order valence-electron chi connectivity index (χ1n) is 21.1. The monoisotopic (exact) mass is 781 g/mol. The van der Waals surface area contributed by atoms with Crippen molar-refractivity contribution in [3.63, 3.8) is 0 Å². The number of carbonyl (C=O) groups is 1. The summed E-state index contributed by atoms with van der Waals surface area (Å²) >= 11 is 0. The predicted octanol–water partition coefficient (Wildman–Crippen LogP) is 3.79.